The first kappa shape index (κ1) is 10.5. The summed E-state index contributed by atoms with van der Waals surface area (Å²) in [6.07, 6.45) is 5.12. The van der Waals surface area contributed by atoms with Crippen molar-refractivity contribution in [3.8, 4) is 0 Å². The summed E-state index contributed by atoms with van der Waals surface area (Å²) in [5.74, 6) is -0.902. The first-order valence-corrected chi connectivity index (χ1v) is 4.82. The van der Waals surface area contributed by atoms with Gasteiger partial charge in [-0.1, -0.05) is 12.8 Å². The number of aliphatic carboxylic acids is 1. The number of hydrogen-bond donors (Lipinski definition) is 2. The molecule has 0 saturated heterocycles. The Balaban J connectivity index is 1.86. The molecule has 0 aromatic rings. The van der Waals surface area contributed by atoms with Crippen LogP contribution in [0.3, 0.4) is 0 Å². The zero-order chi connectivity index (χ0) is 9.52. The third kappa shape index (κ3) is 4.85. The van der Waals surface area contributed by atoms with Crippen LogP contribution in [0.1, 0.15) is 25.7 Å². The third-order valence-corrected chi connectivity index (χ3v) is 2.26. The Hall–Kier alpha value is -0.610. The molecule has 1 saturated carbocycles. The lowest BCUT2D eigenvalue weighted by atomic mass is 10.2. The van der Waals surface area contributed by atoms with Crippen LogP contribution < -0.4 is 5.32 Å². The Morgan fingerprint density at radius 3 is 2.77 bits per heavy atom. The highest BCUT2D eigenvalue weighted by Crippen LogP contribution is 2.16. The minimum Gasteiger partial charge on any atom is -0.480 e. The Bertz CT molecular complexity index is 155. The minimum absolute atomic E-state index is 0.188. The van der Waals surface area contributed by atoms with Gasteiger partial charge < -0.3 is 15.2 Å². The molecule has 0 aliphatic heterocycles. The highest BCUT2D eigenvalue weighted by atomic mass is 16.5. The van der Waals surface area contributed by atoms with Crippen molar-refractivity contribution in [3.63, 3.8) is 0 Å². The smallest absolute Gasteiger partial charge is 0.329 e. The Morgan fingerprint density at radius 1 is 1.46 bits per heavy atom. The minimum atomic E-state index is -0.902. The number of hydrogen-bond acceptors (Lipinski definition) is 3. The molecule has 0 heterocycles. The van der Waals surface area contributed by atoms with Gasteiger partial charge in [-0.3, -0.25) is 0 Å². The van der Waals surface area contributed by atoms with Crippen LogP contribution in [0.4, 0.5) is 0 Å². The quantitative estimate of drug-likeness (QED) is 0.598. The van der Waals surface area contributed by atoms with Crippen molar-refractivity contribution in [2.45, 2.75) is 31.7 Å². The molecular weight excluding hydrogens is 170 g/mol. The first-order valence-electron chi connectivity index (χ1n) is 4.82. The van der Waals surface area contributed by atoms with Gasteiger partial charge in [-0.15, -0.1) is 0 Å². The fourth-order valence-electron chi connectivity index (χ4n) is 1.62. The van der Waals surface area contributed by atoms with Gasteiger partial charge in [0.15, 0.2) is 0 Å². The summed E-state index contributed by atoms with van der Waals surface area (Å²) < 4.78 is 4.89. The number of ether oxygens (including phenoxy) is 1. The van der Waals surface area contributed by atoms with Crippen LogP contribution in [0.5, 0.6) is 0 Å². The maximum absolute atomic E-state index is 10.1. The zero-order valence-corrected chi connectivity index (χ0v) is 7.79. The third-order valence-electron chi connectivity index (χ3n) is 2.26. The van der Waals surface area contributed by atoms with Gasteiger partial charge >= 0.3 is 5.97 Å². The lowest BCUT2D eigenvalue weighted by molar-refractivity contribution is -0.142. The molecule has 1 rings (SSSR count). The standard InChI is InChI=1S/C9H17NO3/c11-9(12)7-13-6-5-10-8-3-1-2-4-8/h8,10H,1-7H2,(H,11,12). The summed E-state index contributed by atoms with van der Waals surface area (Å²) in [5.41, 5.74) is 0. The summed E-state index contributed by atoms with van der Waals surface area (Å²) in [6.45, 7) is 1.06. The predicted molar refractivity (Wildman–Crippen MR) is 48.7 cm³/mol. The fraction of sp³-hybridized carbons (Fsp3) is 0.889. The Labute approximate surface area is 78.3 Å². The molecule has 0 aromatic carbocycles. The molecule has 0 bridgehead atoms. The van der Waals surface area contributed by atoms with Crippen molar-refractivity contribution >= 4 is 5.97 Å². The van der Waals surface area contributed by atoms with Crippen molar-refractivity contribution in [1.82, 2.24) is 5.32 Å². The van der Waals surface area contributed by atoms with E-state index in [1.54, 1.807) is 0 Å². The summed E-state index contributed by atoms with van der Waals surface area (Å²) >= 11 is 0. The average molecular weight is 187 g/mol. The van der Waals surface area contributed by atoms with E-state index in [0.29, 0.717) is 12.6 Å². The molecule has 4 heteroatoms. The van der Waals surface area contributed by atoms with Gasteiger partial charge in [0, 0.05) is 12.6 Å². The van der Waals surface area contributed by atoms with Crippen LogP contribution in [-0.4, -0.2) is 36.9 Å². The molecule has 4 nitrogen and oxygen atoms in total. The van der Waals surface area contributed by atoms with E-state index in [1.165, 1.54) is 25.7 Å². The molecule has 0 amide bonds. The summed E-state index contributed by atoms with van der Waals surface area (Å²) in [5, 5.41) is 11.6. The van der Waals surface area contributed by atoms with Gasteiger partial charge in [-0.25, -0.2) is 4.79 Å². The van der Waals surface area contributed by atoms with Crippen LogP contribution in [0.2, 0.25) is 0 Å². The van der Waals surface area contributed by atoms with Gasteiger partial charge in [0.1, 0.15) is 6.61 Å². The van der Waals surface area contributed by atoms with Gasteiger partial charge in [0.2, 0.25) is 0 Å². The average Bonchev–Trinajstić information content (AvgIpc) is 2.55. The largest absolute Gasteiger partial charge is 0.480 e. The highest BCUT2D eigenvalue weighted by molar-refractivity contribution is 5.67. The molecule has 1 aliphatic carbocycles. The van der Waals surface area contributed by atoms with Crippen molar-refractivity contribution in [3.05, 3.63) is 0 Å². The number of carboxylic acids is 1. The Morgan fingerprint density at radius 2 is 2.15 bits per heavy atom. The SMILES string of the molecule is O=C(O)COCCNC1CCCC1. The second kappa shape index (κ2) is 5.94. The number of rotatable bonds is 6. The Kier molecular flexibility index (Phi) is 4.78. The van der Waals surface area contributed by atoms with Crippen molar-refractivity contribution in [2.24, 2.45) is 0 Å². The van der Waals surface area contributed by atoms with E-state index >= 15 is 0 Å². The summed E-state index contributed by atoms with van der Waals surface area (Å²) in [7, 11) is 0. The van der Waals surface area contributed by atoms with E-state index in [-0.39, 0.29) is 6.61 Å². The topological polar surface area (TPSA) is 58.6 Å². The predicted octanol–water partition coefficient (Wildman–Crippen LogP) is 0.620. The van der Waals surface area contributed by atoms with Gasteiger partial charge in [0.25, 0.3) is 0 Å². The van der Waals surface area contributed by atoms with Crippen LogP contribution in [0, 0.1) is 0 Å². The van der Waals surface area contributed by atoms with E-state index < -0.39 is 5.97 Å². The highest BCUT2D eigenvalue weighted by Gasteiger charge is 2.13. The van der Waals surface area contributed by atoms with E-state index in [9.17, 15) is 4.79 Å². The van der Waals surface area contributed by atoms with Gasteiger partial charge in [-0.05, 0) is 12.8 Å². The second-order valence-corrected chi connectivity index (χ2v) is 3.38. The maximum Gasteiger partial charge on any atom is 0.329 e. The fourth-order valence-corrected chi connectivity index (χ4v) is 1.62. The van der Waals surface area contributed by atoms with E-state index in [4.69, 9.17) is 9.84 Å². The molecule has 13 heavy (non-hydrogen) atoms. The summed E-state index contributed by atoms with van der Waals surface area (Å²) in [4.78, 5) is 10.1. The summed E-state index contributed by atoms with van der Waals surface area (Å²) in [6, 6.07) is 0.633. The normalized spacial score (nSPS) is 17.8. The van der Waals surface area contributed by atoms with E-state index in [0.717, 1.165) is 6.54 Å². The molecule has 0 atom stereocenters. The van der Waals surface area contributed by atoms with Crippen LogP contribution in [-0.2, 0) is 9.53 Å². The lowest BCUT2D eigenvalue weighted by Crippen LogP contribution is -2.29. The van der Waals surface area contributed by atoms with Crippen molar-refractivity contribution < 1.29 is 14.6 Å². The molecular formula is C9H17NO3. The molecule has 1 fully saturated rings. The first-order chi connectivity index (χ1) is 6.29. The van der Waals surface area contributed by atoms with Crippen molar-refractivity contribution in [2.75, 3.05) is 19.8 Å². The van der Waals surface area contributed by atoms with Crippen LogP contribution in [0.15, 0.2) is 0 Å². The van der Waals surface area contributed by atoms with E-state index in [1.807, 2.05) is 0 Å². The number of carbonyl (C=O) groups is 1. The van der Waals surface area contributed by atoms with Crippen LogP contribution in [0.25, 0.3) is 0 Å². The van der Waals surface area contributed by atoms with E-state index in [2.05, 4.69) is 5.32 Å². The van der Waals surface area contributed by atoms with Crippen molar-refractivity contribution in [1.29, 1.82) is 0 Å². The molecule has 76 valence electrons. The van der Waals surface area contributed by atoms with Gasteiger partial charge in [0.05, 0.1) is 6.61 Å². The molecule has 0 unspecified atom stereocenters. The molecule has 2 N–H and O–H groups in total. The molecule has 0 radical (unpaired) electrons. The number of carboxylic acid groups (broad SMARTS) is 1. The maximum atomic E-state index is 10.1. The molecule has 1 aliphatic rings. The monoisotopic (exact) mass is 187 g/mol. The molecule has 0 spiro atoms. The molecule has 0 aromatic heterocycles. The van der Waals surface area contributed by atoms with Crippen LogP contribution >= 0.6 is 0 Å². The lowest BCUT2D eigenvalue weighted by Gasteiger charge is -2.10. The zero-order valence-electron chi connectivity index (χ0n) is 7.79. The second-order valence-electron chi connectivity index (χ2n) is 3.38. The number of nitrogens with one attached hydrogen (secondary N) is 1. The van der Waals surface area contributed by atoms with Gasteiger partial charge in [-0.2, -0.15) is 0 Å².